The molecule has 28 heavy (non-hydrogen) atoms. The minimum absolute atomic E-state index is 0.737. The first-order valence-electron chi connectivity index (χ1n) is 9.69. The average molecular weight is 448 g/mol. The van der Waals surface area contributed by atoms with Gasteiger partial charge in [-0.15, -0.1) is 0 Å². The van der Waals surface area contributed by atoms with E-state index in [9.17, 15) is 0 Å². The molecule has 8 heteroatoms. The molecule has 0 atom stereocenters. The second-order valence-corrected chi connectivity index (χ2v) is 8.33. The van der Waals surface area contributed by atoms with E-state index < -0.39 is 0 Å². The summed E-state index contributed by atoms with van der Waals surface area (Å²) in [6.45, 7) is 8.77. The van der Waals surface area contributed by atoms with Gasteiger partial charge in [-0.1, -0.05) is 0 Å². The number of nitrogen functional groups attached to an aromatic ring is 1. The van der Waals surface area contributed by atoms with Crippen LogP contribution in [0.25, 0.3) is 0 Å². The fourth-order valence-corrected chi connectivity index (χ4v) is 3.67. The number of hydrogen-bond donors (Lipinski definition) is 1. The topological polar surface area (TPSA) is 64.8 Å². The Balaban J connectivity index is 0.000000161. The third-order valence-corrected chi connectivity index (χ3v) is 5.61. The number of anilines is 3. The summed E-state index contributed by atoms with van der Waals surface area (Å²) in [5.41, 5.74) is 8.78. The largest absolute Gasteiger partial charge is 0.397 e. The van der Waals surface area contributed by atoms with Crippen LogP contribution in [0.3, 0.4) is 0 Å². The molecule has 0 unspecified atom stereocenters. The van der Waals surface area contributed by atoms with Gasteiger partial charge in [0.05, 0.1) is 29.5 Å². The van der Waals surface area contributed by atoms with Gasteiger partial charge in [0.25, 0.3) is 0 Å². The number of halogens is 1. The van der Waals surface area contributed by atoms with Crippen LogP contribution in [0.2, 0.25) is 0 Å². The van der Waals surface area contributed by atoms with Gasteiger partial charge in [-0.25, -0.2) is 0 Å². The Labute approximate surface area is 176 Å². The Morgan fingerprint density at radius 1 is 0.714 bits per heavy atom. The quantitative estimate of drug-likeness (QED) is 0.754. The van der Waals surface area contributed by atoms with E-state index in [1.165, 1.54) is 5.69 Å². The maximum absolute atomic E-state index is 5.69. The number of nitrogens with two attached hydrogens (primary N) is 1. The molecule has 2 aromatic rings. The van der Waals surface area contributed by atoms with Crippen LogP contribution in [-0.2, 0) is 0 Å². The molecule has 152 valence electrons. The number of piperazine rings is 2. The van der Waals surface area contributed by atoms with Crippen molar-refractivity contribution in [2.45, 2.75) is 0 Å². The molecule has 0 radical (unpaired) electrons. The highest BCUT2D eigenvalue weighted by atomic mass is 79.9. The molecule has 2 fully saturated rings. The van der Waals surface area contributed by atoms with E-state index in [0.29, 0.717) is 0 Å². The Bertz CT molecular complexity index is 677. The van der Waals surface area contributed by atoms with E-state index in [0.717, 1.165) is 68.2 Å². The predicted molar refractivity (Wildman–Crippen MR) is 120 cm³/mol. The van der Waals surface area contributed by atoms with Gasteiger partial charge < -0.3 is 25.3 Å². The molecule has 0 aromatic carbocycles. The zero-order valence-corrected chi connectivity index (χ0v) is 18.3. The number of likely N-dealkylation sites (N-methyl/N-ethyl adjacent to an activating group) is 2. The van der Waals surface area contributed by atoms with Crippen molar-refractivity contribution in [1.29, 1.82) is 0 Å². The highest BCUT2D eigenvalue weighted by Crippen LogP contribution is 2.19. The smallest absolute Gasteiger partial charge is 0.0574 e. The van der Waals surface area contributed by atoms with E-state index in [-0.39, 0.29) is 0 Å². The summed E-state index contributed by atoms with van der Waals surface area (Å²) in [6.07, 6.45) is 7.30. The Hall–Kier alpha value is -1.90. The van der Waals surface area contributed by atoms with Crippen LogP contribution >= 0.6 is 15.9 Å². The summed E-state index contributed by atoms with van der Waals surface area (Å²) in [5, 5.41) is 0. The first-order chi connectivity index (χ1) is 13.5. The third kappa shape index (κ3) is 6.05. The van der Waals surface area contributed by atoms with Crippen molar-refractivity contribution in [2.24, 2.45) is 0 Å². The molecule has 2 saturated heterocycles. The fraction of sp³-hybridized carbons (Fsp3) is 0.500. The Morgan fingerprint density at radius 3 is 1.64 bits per heavy atom. The molecule has 0 aliphatic carbocycles. The monoisotopic (exact) mass is 447 g/mol. The zero-order chi connectivity index (χ0) is 19.9. The van der Waals surface area contributed by atoms with Crippen molar-refractivity contribution in [3.05, 3.63) is 41.4 Å². The summed E-state index contributed by atoms with van der Waals surface area (Å²) < 4.78 is 1.05. The van der Waals surface area contributed by atoms with Gasteiger partial charge in [0.15, 0.2) is 0 Å². The number of nitrogens with zero attached hydrogens (tertiary/aromatic N) is 6. The first kappa shape index (κ1) is 20.8. The van der Waals surface area contributed by atoms with Crippen LogP contribution in [0, 0.1) is 0 Å². The van der Waals surface area contributed by atoms with Crippen molar-refractivity contribution in [3.8, 4) is 0 Å². The van der Waals surface area contributed by atoms with E-state index in [4.69, 9.17) is 5.73 Å². The van der Waals surface area contributed by atoms with Crippen molar-refractivity contribution in [1.82, 2.24) is 19.8 Å². The minimum atomic E-state index is 0.737. The van der Waals surface area contributed by atoms with Gasteiger partial charge in [0, 0.05) is 69.2 Å². The van der Waals surface area contributed by atoms with Crippen LogP contribution in [0.15, 0.2) is 41.4 Å². The van der Waals surface area contributed by atoms with Crippen LogP contribution in [-0.4, -0.2) is 86.2 Å². The molecule has 2 aromatic heterocycles. The lowest BCUT2D eigenvalue weighted by Gasteiger charge is -2.33. The summed E-state index contributed by atoms with van der Waals surface area (Å²) in [6, 6.07) is 4.11. The summed E-state index contributed by atoms with van der Waals surface area (Å²) in [4.78, 5) is 17.6. The van der Waals surface area contributed by atoms with Crippen LogP contribution in [0.1, 0.15) is 0 Å². The summed E-state index contributed by atoms with van der Waals surface area (Å²) in [5.74, 6) is 0. The van der Waals surface area contributed by atoms with Crippen molar-refractivity contribution in [2.75, 3.05) is 82.0 Å². The van der Waals surface area contributed by atoms with Crippen LogP contribution in [0.5, 0.6) is 0 Å². The lowest BCUT2D eigenvalue weighted by atomic mass is 10.3. The molecular weight excluding hydrogens is 418 g/mol. The molecule has 0 saturated carbocycles. The second kappa shape index (κ2) is 10.0. The predicted octanol–water partition coefficient (Wildman–Crippen LogP) is 2.01. The zero-order valence-electron chi connectivity index (χ0n) is 16.8. The fourth-order valence-electron chi connectivity index (χ4n) is 3.32. The average Bonchev–Trinajstić information content (AvgIpc) is 2.70. The lowest BCUT2D eigenvalue weighted by molar-refractivity contribution is 0.313. The lowest BCUT2D eigenvalue weighted by Crippen LogP contribution is -2.44. The Morgan fingerprint density at radius 2 is 1.18 bits per heavy atom. The maximum Gasteiger partial charge on any atom is 0.0574 e. The van der Waals surface area contributed by atoms with E-state index in [1.54, 1.807) is 6.20 Å². The van der Waals surface area contributed by atoms with Gasteiger partial charge in [-0.2, -0.15) is 0 Å². The van der Waals surface area contributed by atoms with Crippen molar-refractivity contribution >= 4 is 33.0 Å². The number of pyridine rings is 2. The highest BCUT2D eigenvalue weighted by molar-refractivity contribution is 9.10. The van der Waals surface area contributed by atoms with Crippen molar-refractivity contribution < 1.29 is 0 Å². The molecule has 4 rings (SSSR count). The van der Waals surface area contributed by atoms with E-state index >= 15 is 0 Å². The van der Waals surface area contributed by atoms with Gasteiger partial charge in [-0.05, 0) is 42.2 Å². The minimum Gasteiger partial charge on any atom is -0.397 e. The highest BCUT2D eigenvalue weighted by Gasteiger charge is 2.15. The number of rotatable bonds is 2. The SMILES string of the molecule is CN1CCN(c2cncc(Br)c2)CC1.CN1CCN(c2cncc(N)c2)CC1. The number of hydrogen-bond acceptors (Lipinski definition) is 7. The molecule has 2 aliphatic rings. The molecule has 0 amide bonds. The third-order valence-electron chi connectivity index (χ3n) is 5.17. The Kier molecular flexibility index (Phi) is 7.47. The van der Waals surface area contributed by atoms with Crippen LogP contribution < -0.4 is 15.5 Å². The van der Waals surface area contributed by atoms with Gasteiger partial charge in [0.1, 0.15) is 0 Å². The summed E-state index contributed by atoms with van der Waals surface area (Å²) in [7, 11) is 4.31. The molecule has 7 nitrogen and oxygen atoms in total. The van der Waals surface area contributed by atoms with E-state index in [2.05, 4.69) is 65.7 Å². The van der Waals surface area contributed by atoms with Crippen molar-refractivity contribution in [3.63, 3.8) is 0 Å². The molecule has 4 heterocycles. The summed E-state index contributed by atoms with van der Waals surface area (Å²) >= 11 is 3.44. The second-order valence-electron chi connectivity index (χ2n) is 7.42. The molecule has 0 bridgehead atoms. The number of aromatic nitrogens is 2. The molecule has 0 spiro atoms. The molecular formula is C20H30BrN7. The van der Waals surface area contributed by atoms with Gasteiger partial charge >= 0.3 is 0 Å². The van der Waals surface area contributed by atoms with Gasteiger partial charge in [0.2, 0.25) is 0 Å². The van der Waals surface area contributed by atoms with Crippen LogP contribution in [0.4, 0.5) is 17.1 Å². The van der Waals surface area contributed by atoms with E-state index in [1.807, 2.05) is 24.7 Å². The normalized spacial score (nSPS) is 18.5. The van der Waals surface area contributed by atoms with Gasteiger partial charge in [-0.3, -0.25) is 9.97 Å². The maximum atomic E-state index is 5.69. The first-order valence-corrected chi connectivity index (χ1v) is 10.5. The molecule has 2 N–H and O–H groups in total. The standard InChI is InChI=1S/C10H14BrN3.C10H16N4/c2*1-13-2-4-14(5-3-13)10-6-9(11)7-12-8-10/h6-8H,2-5H2,1H3;6-8H,2-5,11H2,1H3. The molecule has 2 aliphatic heterocycles.